The molecule has 2 rings (SSSR count). The molecule has 144 valence electrons. The van der Waals surface area contributed by atoms with Crippen molar-refractivity contribution in [2.75, 3.05) is 20.7 Å². The highest BCUT2D eigenvalue weighted by Crippen LogP contribution is 2.24. The third-order valence-electron chi connectivity index (χ3n) is 4.54. The minimum absolute atomic E-state index is 0.167. The molecule has 1 amide bonds. The van der Waals surface area contributed by atoms with E-state index in [0.29, 0.717) is 29.1 Å². The van der Waals surface area contributed by atoms with Gasteiger partial charge in [-0.25, -0.2) is 9.18 Å². The lowest BCUT2D eigenvalue weighted by atomic mass is 10.0. The van der Waals surface area contributed by atoms with Gasteiger partial charge in [0, 0.05) is 30.4 Å². The number of Topliss-reactive ketones (excluding diaryl/α,β-unsaturated/α-hetero) is 1. The molecular weight excluding hydrogens is 351 g/mol. The summed E-state index contributed by atoms with van der Waals surface area (Å²) in [6, 6.07) is 5.31. The molecule has 0 atom stereocenters. The quantitative estimate of drug-likeness (QED) is 0.576. The molecule has 6 nitrogen and oxygen atoms in total. The van der Waals surface area contributed by atoms with Gasteiger partial charge in [0.15, 0.2) is 5.78 Å². The summed E-state index contributed by atoms with van der Waals surface area (Å²) in [6.45, 7) is 5.62. The highest BCUT2D eigenvalue weighted by atomic mass is 19.1. The summed E-state index contributed by atoms with van der Waals surface area (Å²) in [5.41, 5.74) is 2.07. The lowest BCUT2D eigenvalue weighted by molar-refractivity contribution is 0.0587. The minimum Gasteiger partial charge on any atom is -0.464 e. The van der Waals surface area contributed by atoms with E-state index in [1.165, 1.54) is 37.3 Å². The van der Waals surface area contributed by atoms with Crippen LogP contribution in [0.25, 0.3) is 0 Å². The lowest BCUT2D eigenvalue weighted by Gasteiger charge is -2.17. The summed E-state index contributed by atoms with van der Waals surface area (Å²) in [4.78, 5) is 38.6. The van der Waals surface area contributed by atoms with E-state index in [-0.39, 0.29) is 17.9 Å². The molecule has 0 aliphatic heterocycles. The van der Waals surface area contributed by atoms with Gasteiger partial charge >= 0.3 is 5.97 Å². The zero-order valence-corrected chi connectivity index (χ0v) is 16.1. The first kappa shape index (κ1) is 20.4. The summed E-state index contributed by atoms with van der Waals surface area (Å²) in [7, 11) is 2.77. The number of hydrogen-bond acceptors (Lipinski definition) is 4. The van der Waals surface area contributed by atoms with Crippen molar-refractivity contribution in [1.29, 1.82) is 0 Å². The smallest absolute Gasteiger partial charge is 0.354 e. The summed E-state index contributed by atoms with van der Waals surface area (Å²) < 4.78 is 19.9. The normalized spacial score (nSPS) is 10.6. The van der Waals surface area contributed by atoms with Gasteiger partial charge in [-0.15, -0.1) is 0 Å². The fraction of sp³-hybridized carbons (Fsp3) is 0.350. The number of methoxy groups -OCH3 is 1. The van der Waals surface area contributed by atoms with Gasteiger partial charge in [0.1, 0.15) is 11.5 Å². The van der Waals surface area contributed by atoms with Crippen LogP contribution in [0.4, 0.5) is 4.39 Å². The van der Waals surface area contributed by atoms with Crippen LogP contribution in [-0.4, -0.2) is 47.8 Å². The van der Waals surface area contributed by atoms with Crippen LogP contribution >= 0.6 is 0 Å². The molecule has 0 unspecified atom stereocenters. The Morgan fingerprint density at radius 2 is 1.89 bits per heavy atom. The number of rotatable bonds is 6. The monoisotopic (exact) mass is 374 g/mol. The van der Waals surface area contributed by atoms with Crippen LogP contribution in [-0.2, 0) is 11.3 Å². The summed E-state index contributed by atoms with van der Waals surface area (Å²) in [5, 5.41) is 0. The van der Waals surface area contributed by atoms with Crippen molar-refractivity contribution in [1.82, 2.24) is 9.47 Å². The fourth-order valence-corrected chi connectivity index (χ4v) is 3.27. The van der Waals surface area contributed by atoms with Crippen molar-refractivity contribution in [2.24, 2.45) is 0 Å². The van der Waals surface area contributed by atoms with Crippen LogP contribution < -0.4 is 0 Å². The first-order valence-electron chi connectivity index (χ1n) is 8.55. The average Bonchev–Trinajstić information content (AvgIpc) is 2.89. The van der Waals surface area contributed by atoms with E-state index in [4.69, 9.17) is 4.74 Å². The molecule has 0 aliphatic carbocycles. The van der Waals surface area contributed by atoms with Crippen molar-refractivity contribution in [3.05, 3.63) is 58.2 Å². The molecule has 1 heterocycles. The van der Waals surface area contributed by atoms with Gasteiger partial charge in [-0.3, -0.25) is 9.59 Å². The number of esters is 1. The molecule has 7 heteroatoms. The van der Waals surface area contributed by atoms with Crippen molar-refractivity contribution in [3.8, 4) is 0 Å². The second-order valence-electron chi connectivity index (χ2n) is 6.26. The van der Waals surface area contributed by atoms with Crippen LogP contribution in [0.3, 0.4) is 0 Å². The Bertz CT molecular complexity index is 902. The molecule has 0 fully saturated rings. The number of carbonyl (C=O) groups is 3. The molecular formula is C20H23FN2O4. The minimum atomic E-state index is -0.519. The molecule has 0 radical (unpaired) electrons. The van der Waals surface area contributed by atoms with Crippen LogP contribution in [0.5, 0.6) is 0 Å². The van der Waals surface area contributed by atoms with E-state index in [1.54, 1.807) is 18.4 Å². The first-order chi connectivity index (χ1) is 12.7. The zero-order valence-electron chi connectivity index (χ0n) is 16.1. The maximum atomic E-state index is 13.3. The number of amides is 1. The maximum Gasteiger partial charge on any atom is 0.354 e. The number of ketones is 1. The Morgan fingerprint density at radius 3 is 2.44 bits per heavy atom. The number of aromatic nitrogens is 1. The lowest BCUT2D eigenvalue weighted by Crippen LogP contribution is -2.32. The van der Waals surface area contributed by atoms with Gasteiger partial charge < -0.3 is 14.2 Å². The highest BCUT2D eigenvalue weighted by Gasteiger charge is 2.27. The molecule has 0 saturated heterocycles. The standard InChI is InChI=1S/C20H23FN2O4/c1-6-23-13(3)17(12(2)18(23)20(26)27-5)16(24)11-22(4)19(25)14-8-7-9-15(21)10-14/h7-10H,6,11H2,1-5H3. The van der Waals surface area contributed by atoms with Gasteiger partial charge in [0.25, 0.3) is 5.91 Å². The molecule has 0 aliphatic rings. The summed E-state index contributed by atoms with van der Waals surface area (Å²) in [5.74, 6) is -1.79. The number of carbonyl (C=O) groups excluding carboxylic acids is 3. The van der Waals surface area contributed by atoms with Gasteiger partial charge in [0.05, 0.1) is 13.7 Å². The Balaban J connectivity index is 2.31. The van der Waals surface area contributed by atoms with E-state index in [1.807, 2.05) is 6.92 Å². The first-order valence-corrected chi connectivity index (χ1v) is 8.55. The van der Waals surface area contributed by atoms with Gasteiger partial charge in [-0.1, -0.05) is 6.07 Å². The SMILES string of the molecule is CCn1c(C)c(C(=O)CN(C)C(=O)c2cccc(F)c2)c(C)c1C(=O)OC. The zero-order chi connectivity index (χ0) is 20.3. The molecule has 1 aromatic carbocycles. The van der Waals surface area contributed by atoms with Crippen molar-refractivity contribution >= 4 is 17.7 Å². The van der Waals surface area contributed by atoms with E-state index >= 15 is 0 Å². The Morgan fingerprint density at radius 1 is 1.22 bits per heavy atom. The number of hydrogen-bond donors (Lipinski definition) is 0. The van der Waals surface area contributed by atoms with E-state index < -0.39 is 17.7 Å². The van der Waals surface area contributed by atoms with Crippen LogP contribution in [0.15, 0.2) is 24.3 Å². The Hall–Kier alpha value is -2.96. The third-order valence-corrected chi connectivity index (χ3v) is 4.54. The molecule has 0 N–H and O–H groups in total. The Kier molecular flexibility index (Phi) is 6.15. The van der Waals surface area contributed by atoms with Crippen LogP contribution in [0.2, 0.25) is 0 Å². The predicted molar refractivity (Wildman–Crippen MR) is 98.6 cm³/mol. The Labute approximate surface area is 157 Å². The third kappa shape index (κ3) is 3.92. The molecule has 0 spiro atoms. The molecule has 0 bridgehead atoms. The van der Waals surface area contributed by atoms with Gasteiger partial charge in [-0.2, -0.15) is 0 Å². The van der Waals surface area contributed by atoms with E-state index in [9.17, 15) is 18.8 Å². The van der Waals surface area contributed by atoms with Crippen molar-refractivity contribution in [3.63, 3.8) is 0 Å². The second kappa shape index (κ2) is 8.16. The maximum absolute atomic E-state index is 13.3. The molecule has 2 aromatic rings. The average molecular weight is 374 g/mol. The van der Waals surface area contributed by atoms with Crippen LogP contribution in [0, 0.1) is 19.7 Å². The number of halogens is 1. The predicted octanol–water partition coefficient (Wildman–Crippen LogP) is 3.01. The van der Waals surface area contributed by atoms with E-state index in [2.05, 4.69) is 0 Å². The van der Waals surface area contributed by atoms with E-state index in [0.717, 1.165) is 6.07 Å². The largest absolute Gasteiger partial charge is 0.464 e. The molecule has 1 aromatic heterocycles. The number of ether oxygens (including phenoxy) is 1. The van der Waals surface area contributed by atoms with Crippen molar-refractivity contribution < 1.29 is 23.5 Å². The number of nitrogens with zero attached hydrogens (tertiary/aromatic N) is 2. The second-order valence-corrected chi connectivity index (χ2v) is 6.26. The van der Waals surface area contributed by atoms with Crippen LogP contribution in [0.1, 0.15) is 49.4 Å². The van der Waals surface area contributed by atoms with Gasteiger partial charge in [0.2, 0.25) is 0 Å². The highest BCUT2D eigenvalue weighted by molar-refractivity contribution is 6.05. The van der Waals surface area contributed by atoms with Crippen molar-refractivity contribution in [2.45, 2.75) is 27.3 Å². The topological polar surface area (TPSA) is 68.6 Å². The molecule has 27 heavy (non-hydrogen) atoms. The summed E-state index contributed by atoms with van der Waals surface area (Å²) in [6.07, 6.45) is 0. The fourth-order valence-electron chi connectivity index (χ4n) is 3.27. The summed E-state index contributed by atoms with van der Waals surface area (Å²) >= 11 is 0. The number of likely N-dealkylation sites (N-methyl/N-ethyl adjacent to an activating group) is 1. The van der Waals surface area contributed by atoms with Gasteiger partial charge in [-0.05, 0) is 44.5 Å². The number of benzene rings is 1. The molecule has 0 saturated carbocycles.